The van der Waals surface area contributed by atoms with Crippen LogP contribution >= 0.6 is 0 Å². The summed E-state index contributed by atoms with van der Waals surface area (Å²) in [4.78, 5) is 9.98. The van der Waals surface area contributed by atoms with Crippen LogP contribution in [-0.4, -0.2) is 68.0 Å². The van der Waals surface area contributed by atoms with E-state index >= 15 is 0 Å². The third-order valence-corrected chi connectivity index (χ3v) is 1.50. The van der Waals surface area contributed by atoms with E-state index in [0.29, 0.717) is 0 Å². The van der Waals surface area contributed by atoms with Gasteiger partial charge >= 0.3 is 29.6 Å². The molecule has 0 bridgehead atoms. The van der Waals surface area contributed by atoms with Crippen LogP contribution in [0.2, 0.25) is 0 Å². The minimum absolute atomic E-state index is 0. The maximum Gasteiger partial charge on any atom is 1.00 e. The average Bonchev–Trinajstić information content (AvgIpc) is 2.12. The predicted octanol–water partition coefficient (Wildman–Crippen LogP) is -8.65. The molecule has 0 saturated heterocycles. The number of carbonyl (C=O) groups excluding carboxylic acids is 1. The molecular formula is C6H13NaO8. The van der Waals surface area contributed by atoms with Crippen molar-refractivity contribution in [2.24, 2.45) is 0 Å². The fourth-order valence-electron chi connectivity index (χ4n) is 0.662. The van der Waals surface area contributed by atoms with E-state index in [1.807, 2.05) is 0 Å². The molecule has 0 fully saturated rings. The van der Waals surface area contributed by atoms with Crippen molar-refractivity contribution in [2.75, 3.05) is 6.61 Å². The Balaban J connectivity index is -0.000000720. The summed E-state index contributed by atoms with van der Waals surface area (Å²) in [5, 5.41) is 53.4. The summed E-state index contributed by atoms with van der Waals surface area (Å²) < 4.78 is 0. The van der Waals surface area contributed by atoms with Crippen molar-refractivity contribution in [3.8, 4) is 0 Å². The van der Waals surface area contributed by atoms with E-state index in [0.717, 1.165) is 0 Å². The number of aliphatic hydroxyl groups is 5. The Morgan fingerprint density at radius 2 is 1.53 bits per heavy atom. The molecule has 0 spiro atoms. The van der Waals surface area contributed by atoms with Crippen molar-refractivity contribution >= 4 is 5.97 Å². The number of carbonyl (C=O) groups is 1. The summed E-state index contributed by atoms with van der Waals surface area (Å²) in [7, 11) is 0. The van der Waals surface area contributed by atoms with E-state index in [2.05, 4.69) is 0 Å². The second kappa shape index (κ2) is 9.46. The molecule has 8 nitrogen and oxygen atoms in total. The van der Waals surface area contributed by atoms with Gasteiger partial charge in [-0.3, -0.25) is 0 Å². The molecule has 0 aromatic heterocycles. The fraction of sp³-hybridized carbons (Fsp3) is 0.833. The Bertz CT molecular complexity index is 177. The van der Waals surface area contributed by atoms with Crippen molar-refractivity contribution in [2.45, 2.75) is 24.4 Å². The van der Waals surface area contributed by atoms with Crippen LogP contribution in [0.3, 0.4) is 0 Å². The molecule has 0 aromatic carbocycles. The molecule has 0 aliphatic rings. The first-order valence-electron chi connectivity index (χ1n) is 3.45. The number of carboxylic acids is 1. The molecule has 0 unspecified atom stereocenters. The van der Waals surface area contributed by atoms with Gasteiger partial charge in [0.25, 0.3) is 0 Å². The first-order valence-corrected chi connectivity index (χ1v) is 3.45. The summed E-state index contributed by atoms with van der Waals surface area (Å²) in [6, 6.07) is 0. The largest absolute Gasteiger partial charge is 1.00 e. The van der Waals surface area contributed by atoms with Crippen LogP contribution in [-0.2, 0) is 4.79 Å². The van der Waals surface area contributed by atoms with Crippen LogP contribution < -0.4 is 34.7 Å². The van der Waals surface area contributed by atoms with Gasteiger partial charge in [-0.05, 0) is 0 Å². The van der Waals surface area contributed by atoms with Crippen LogP contribution in [0.5, 0.6) is 0 Å². The van der Waals surface area contributed by atoms with Gasteiger partial charge < -0.3 is 40.9 Å². The van der Waals surface area contributed by atoms with Gasteiger partial charge in [0, 0.05) is 0 Å². The smallest absolute Gasteiger partial charge is 0.547 e. The van der Waals surface area contributed by atoms with Crippen molar-refractivity contribution < 1.29 is 70.5 Å². The number of rotatable bonds is 5. The van der Waals surface area contributed by atoms with Gasteiger partial charge in [-0.15, -0.1) is 0 Å². The summed E-state index contributed by atoms with van der Waals surface area (Å²) in [6.45, 7) is -0.863. The number of hydrogen-bond acceptors (Lipinski definition) is 7. The van der Waals surface area contributed by atoms with E-state index in [4.69, 9.17) is 25.5 Å². The molecule has 0 radical (unpaired) electrons. The van der Waals surface area contributed by atoms with Crippen molar-refractivity contribution in [1.82, 2.24) is 0 Å². The third-order valence-electron chi connectivity index (χ3n) is 1.50. The van der Waals surface area contributed by atoms with Gasteiger partial charge in [-0.25, -0.2) is 0 Å². The van der Waals surface area contributed by atoms with Crippen molar-refractivity contribution in [3.05, 3.63) is 0 Å². The topological polar surface area (TPSA) is 173 Å². The summed E-state index contributed by atoms with van der Waals surface area (Å²) in [6.07, 6.45) is -8.08. The standard InChI is InChI=1S/C6H12O7.Na.H2O/c7-1-2(8)3(9)4(10)5(11)6(12)13;;/h2-5,7-11H,1H2,(H,12,13);;1H2/q;+1;/p-1/t2-,3+,4-,5-;;/m0../s1. The first-order chi connectivity index (χ1) is 5.91. The SMILES string of the molecule is O.O=C([O-])[C@@H](O)[C@@H](O)[C@H](O)[C@@H](O)CO.[Na+]. The number of aliphatic carboxylic acids is 1. The second-order valence-electron chi connectivity index (χ2n) is 2.49. The van der Waals surface area contributed by atoms with Gasteiger partial charge in [-0.2, -0.15) is 0 Å². The van der Waals surface area contributed by atoms with E-state index in [-0.39, 0.29) is 35.0 Å². The Morgan fingerprint density at radius 3 is 1.80 bits per heavy atom. The average molecular weight is 236 g/mol. The number of hydrogen-bond donors (Lipinski definition) is 5. The molecule has 0 aromatic rings. The molecular weight excluding hydrogens is 223 g/mol. The molecule has 9 heteroatoms. The molecule has 7 N–H and O–H groups in total. The van der Waals surface area contributed by atoms with Crippen molar-refractivity contribution in [1.29, 1.82) is 0 Å². The molecule has 4 atom stereocenters. The summed E-state index contributed by atoms with van der Waals surface area (Å²) in [5.41, 5.74) is 0. The summed E-state index contributed by atoms with van der Waals surface area (Å²) >= 11 is 0. The third kappa shape index (κ3) is 6.40. The zero-order valence-electron chi connectivity index (χ0n) is 8.07. The van der Waals surface area contributed by atoms with E-state index in [1.165, 1.54) is 0 Å². The fourth-order valence-corrected chi connectivity index (χ4v) is 0.662. The maximum atomic E-state index is 9.98. The molecule has 15 heavy (non-hydrogen) atoms. The van der Waals surface area contributed by atoms with E-state index in [9.17, 15) is 9.90 Å². The second-order valence-corrected chi connectivity index (χ2v) is 2.49. The van der Waals surface area contributed by atoms with Crippen LogP contribution in [0.4, 0.5) is 0 Å². The van der Waals surface area contributed by atoms with Crippen LogP contribution in [0, 0.1) is 0 Å². The monoisotopic (exact) mass is 236 g/mol. The maximum absolute atomic E-state index is 9.98. The molecule has 0 aliphatic heterocycles. The predicted molar refractivity (Wildman–Crippen MR) is 39.7 cm³/mol. The molecule has 0 amide bonds. The van der Waals surface area contributed by atoms with Crippen LogP contribution in [0.1, 0.15) is 0 Å². The zero-order chi connectivity index (χ0) is 10.6. The molecule has 0 heterocycles. The number of aliphatic hydroxyl groups excluding tert-OH is 5. The molecule has 86 valence electrons. The van der Waals surface area contributed by atoms with Crippen molar-refractivity contribution in [3.63, 3.8) is 0 Å². The van der Waals surface area contributed by atoms with Crippen LogP contribution in [0.25, 0.3) is 0 Å². The van der Waals surface area contributed by atoms with Crippen LogP contribution in [0.15, 0.2) is 0 Å². The van der Waals surface area contributed by atoms with Gasteiger partial charge in [0.1, 0.15) is 24.4 Å². The van der Waals surface area contributed by atoms with Gasteiger partial charge in [0.05, 0.1) is 12.6 Å². The minimum Gasteiger partial charge on any atom is -0.547 e. The molecule has 0 aliphatic carbocycles. The molecule has 0 saturated carbocycles. The Morgan fingerprint density at radius 1 is 1.13 bits per heavy atom. The quantitative estimate of drug-likeness (QED) is 0.294. The van der Waals surface area contributed by atoms with E-state index in [1.54, 1.807) is 0 Å². The molecule has 0 rings (SSSR count). The Kier molecular flexibility index (Phi) is 13.0. The normalized spacial score (nSPS) is 17.7. The van der Waals surface area contributed by atoms with E-state index < -0.39 is 37.0 Å². The zero-order valence-corrected chi connectivity index (χ0v) is 10.1. The van der Waals surface area contributed by atoms with Gasteiger partial charge in [0.2, 0.25) is 0 Å². The summed E-state index contributed by atoms with van der Waals surface area (Å²) in [5.74, 6) is -1.98. The van der Waals surface area contributed by atoms with Gasteiger partial charge in [0.15, 0.2) is 0 Å². The first kappa shape index (κ1) is 20.6. The Labute approximate surface area is 107 Å². The minimum atomic E-state index is -2.31. The Hall–Kier alpha value is 0.230. The number of carboxylic acid groups (broad SMARTS) is 1. The van der Waals surface area contributed by atoms with Gasteiger partial charge in [-0.1, -0.05) is 0 Å².